The molecule has 3 nitrogen and oxygen atoms in total. The van der Waals surface area contributed by atoms with E-state index in [2.05, 4.69) is 24.5 Å². The van der Waals surface area contributed by atoms with E-state index < -0.39 is 0 Å². The summed E-state index contributed by atoms with van der Waals surface area (Å²) in [5.41, 5.74) is -0.317. The molecule has 1 unspecified atom stereocenters. The van der Waals surface area contributed by atoms with Crippen LogP contribution in [0.25, 0.3) is 0 Å². The fourth-order valence-electron chi connectivity index (χ4n) is 1.19. The Kier molecular flexibility index (Phi) is 5.77. The van der Waals surface area contributed by atoms with Gasteiger partial charge in [0.1, 0.15) is 0 Å². The van der Waals surface area contributed by atoms with Gasteiger partial charge in [-0.25, -0.2) is 0 Å². The van der Waals surface area contributed by atoms with Gasteiger partial charge >= 0.3 is 0 Å². The minimum absolute atomic E-state index is 0.0918. The molecule has 0 radical (unpaired) electrons. The molecule has 0 saturated heterocycles. The molecule has 84 valence electrons. The van der Waals surface area contributed by atoms with Gasteiger partial charge in [0.25, 0.3) is 0 Å². The molecule has 0 aliphatic heterocycles. The van der Waals surface area contributed by atoms with Crippen LogP contribution >= 0.6 is 0 Å². The van der Waals surface area contributed by atoms with Crippen molar-refractivity contribution in [2.75, 3.05) is 20.1 Å². The minimum Gasteiger partial charge on any atom is -0.359 e. The predicted molar refractivity (Wildman–Crippen MR) is 60.2 cm³/mol. The van der Waals surface area contributed by atoms with Crippen molar-refractivity contribution in [1.29, 1.82) is 0 Å². The fraction of sp³-hybridized carbons (Fsp3) is 0.909. The monoisotopic (exact) mass is 200 g/mol. The Hall–Kier alpha value is -0.570. The number of hydrogen-bond donors (Lipinski definition) is 2. The first-order chi connectivity index (χ1) is 6.44. The second-order valence-corrected chi connectivity index (χ2v) is 4.61. The molecule has 0 heterocycles. The van der Waals surface area contributed by atoms with Crippen LogP contribution in [0.4, 0.5) is 0 Å². The van der Waals surface area contributed by atoms with Crippen molar-refractivity contribution < 1.29 is 4.79 Å². The first-order valence-corrected chi connectivity index (χ1v) is 5.37. The lowest BCUT2D eigenvalue weighted by molar-refractivity contribution is -0.128. The Morgan fingerprint density at radius 1 is 1.43 bits per heavy atom. The summed E-state index contributed by atoms with van der Waals surface area (Å²) in [6, 6.07) is 0. The third-order valence-electron chi connectivity index (χ3n) is 2.60. The molecule has 0 spiro atoms. The van der Waals surface area contributed by atoms with Crippen LogP contribution in [0.15, 0.2) is 0 Å². The second-order valence-electron chi connectivity index (χ2n) is 4.61. The molecule has 0 rings (SSSR count). The predicted octanol–water partition coefficient (Wildman–Crippen LogP) is 1.39. The standard InChI is InChI=1S/C11H24N2O/c1-6-9(2)7-13-8-11(3,4)10(14)12-5/h9,13H,6-8H2,1-5H3,(H,12,14). The van der Waals surface area contributed by atoms with Crippen LogP contribution in [-0.2, 0) is 4.79 Å². The van der Waals surface area contributed by atoms with Crippen molar-refractivity contribution >= 4 is 5.91 Å². The van der Waals surface area contributed by atoms with E-state index in [0.717, 1.165) is 13.1 Å². The normalized spacial score (nSPS) is 13.8. The molecule has 0 aromatic carbocycles. The van der Waals surface area contributed by atoms with Crippen molar-refractivity contribution in [1.82, 2.24) is 10.6 Å². The van der Waals surface area contributed by atoms with Crippen molar-refractivity contribution in [3.8, 4) is 0 Å². The number of hydrogen-bond acceptors (Lipinski definition) is 2. The van der Waals surface area contributed by atoms with Crippen LogP contribution in [-0.4, -0.2) is 26.0 Å². The summed E-state index contributed by atoms with van der Waals surface area (Å²) in [5.74, 6) is 0.768. The smallest absolute Gasteiger partial charge is 0.226 e. The summed E-state index contributed by atoms with van der Waals surface area (Å²) in [4.78, 5) is 11.4. The Bertz CT molecular complexity index is 178. The Balaban J connectivity index is 3.82. The Morgan fingerprint density at radius 2 is 2.00 bits per heavy atom. The lowest BCUT2D eigenvalue weighted by Gasteiger charge is -2.23. The lowest BCUT2D eigenvalue weighted by Crippen LogP contribution is -2.42. The van der Waals surface area contributed by atoms with Gasteiger partial charge in [-0.3, -0.25) is 4.79 Å². The average molecular weight is 200 g/mol. The van der Waals surface area contributed by atoms with Gasteiger partial charge in [0.05, 0.1) is 5.41 Å². The first kappa shape index (κ1) is 13.4. The molecule has 0 saturated carbocycles. The fourth-order valence-corrected chi connectivity index (χ4v) is 1.19. The Labute approximate surface area is 87.6 Å². The van der Waals surface area contributed by atoms with E-state index in [0.29, 0.717) is 5.92 Å². The molecule has 14 heavy (non-hydrogen) atoms. The molecule has 0 aliphatic rings. The van der Waals surface area contributed by atoms with Gasteiger partial charge in [-0.15, -0.1) is 0 Å². The van der Waals surface area contributed by atoms with E-state index in [4.69, 9.17) is 0 Å². The summed E-state index contributed by atoms with van der Waals surface area (Å²) >= 11 is 0. The van der Waals surface area contributed by atoms with Gasteiger partial charge < -0.3 is 10.6 Å². The third-order valence-corrected chi connectivity index (χ3v) is 2.60. The molecule has 0 aromatic rings. The molecule has 0 aromatic heterocycles. The van der Waals surface area contributed by atoms with Gasteiger partial charge in [0.15, 0.2) is 0 Å². The summed E-state index contributed by atoms with van der Waals surface area (Å²) < 4.78 is 0. The Morgan fingerprint density at radius 3 is 2.43 bits per heavy atom. The van der Waals surface area contributed by atoms with Gasteiger partial charge in [-0.1, -0.05) is 20.3 Å². The molecular weight excluding hydrogens is 176 g/mol. The van der Waals surface area contributed by atoms with Crippen LogP contribution < -0.4 is 10.6 Å². The molecule has 2 N–H and O–H groups in total. The van der Waals surface area contributed by atoms with Crippen LogP contribution in [0, 0.1) is 11.3 Å². The summed E-state index contributed by atoms with van der Waals surface area (Å²) in [6.07, 6.45) is 1.17. The SMILES string of the molecule is CCC(C)CNCC(C)(C)C(=O)NC. The number of nitrogens with one attached hydrogen (secondary N) is 2. The number of carbonyl (C=O) groups is 1. The van der Waals surface area contributed by atoms with Gasteiger partial charge in [0.2, 0.25) is 5.91 Å². The van der Waals surface area contributed by atoms with E-state index in [-0.39, 0.29) is 11.3 Å². The van der Waals surface area contributed by atoms with Gasteiger partial charge in [-0.05, 0) is 26.3 Å². The molecule has 1 atom stereocenters. The maximum absolute atomic E-state index is 11.4. The molecule has 0 aliphatic carbocycles. The number of rotatable bonds is 6. The highest BCUT2D eigenvalue weighted by atomic mass is 16.2. The zero-order chi connectivity index (χ0) is 11.2. The van der Waals surface area contributed by atoms with Gasteiger partial charge in [-0.2, -0.15) is 0 Å². The van der Waals surface area contributed by atoms with Crippen molar-refractivity contribution in [2.45, 2.75) is 34.1 Å². The second kappa shape index (κ2) is 6.02. The zero-order valence-electron chi connectivity index (χ0n) is 10.1. The van der Waals surface area contributed by atoms with Crippen molar-refractivity contribution in [3.63, 3.8) is 0 Å². The van der Waals surface area contributed by atoms with E-state index in [1.54, 1.807) is 7.05 Å². The van der Waals surface area contributed by atoms with E-state index in [9.17, 15) is 4.79 Å². The van der Waals surface area contributed by atoms with Crippen LogP contribution in [0.1, 0.15) is 34.1 Å². The van der Waals surface area contributed by atoms with Crippen molar-refractivity contribution in [3.05, 3.63) is 0 Å². The molecule has 0 bridgehead atoms. The lowest BCUT2D eigenvalue weighted by atomic mass is 9.92. The highest BCUT2D eigenvalue weighted by Gasteiger charge is 2.25. The molecular formula is C11H24N2O. The number of amides is 1. The number of carbonyl (C=O) groups excluding carboxylic acids is 1. The molecule has 0 fully saturated rings. The van der Waals surface area contributed by atoms with E-state index >= 15 is 0 Å². The average Bonchev–Trinajstić information content (AvgIpc) is 2.15. The third kappa shape index (κ3) is 4.61. The van der Waals surface area contributed by atoms with E-state index in [1.807, 2.05) is 13.8 Å². The summed E-state index contributed by atoms with van der Waals surface area (Å²) in [7, 11) is 1.68. The summed E-state index contributed by atoms with van der Waals surface area (Å²) in [6.45, 7) is 10.0. The van der Waals surface area contributed by atoms with Crippen LogP contribution in [0.2, 0.25) is 0 Å². The maximum atomic E-state index is 11.4. The quantitative estimate of drug-likeness (QED) is 0.680. The first-order valence-electron chi connectivity index (χ1n) is 5.37. The zero-order valence-corrected chi connectivity index (χ0v) is 10.1. The minimum atomic E-state index is -0.317. The molecule has 1 amide bonds. The van der Waals surface area contributed by atoms with Crippen LogP contribution in [0.3, 0.4) is 0 Å². The van der Waals surface area contributed by atoms with E-state index in [1.165, 1.54) is 6.42 Å². The summed E-state index contributed by atoms with van der Waals surface area (Å²) in [5, 5.41) is 6.01. The maximum Gasteiger partial charge on any atom is 0.226 e. The molecule has 3 heteroatoms. The highest BCUT2D eigenvalue weighted by Crippen LogP contribution is 2.13. The van der Waals surface area contributed by atoms with Crippen LogP contribution in [0.5, 0.6) is 0 Å². The van der Waals surface area contributed by atoms with Crippen molar-refractivity contribution in [2.24, 2.45) is 11.3 Å². The highest BCUT2D eigenvalue weighted by molar-refractivity contribution is 5.81. The van der Waals surface area contributed by atoms with Gasteiger partial charge in [0, 0.05) is 13.6 Å². The largest absolute Gasteiger partial charge is 0.359 e. The topological polar surface area (TPSA) is 41.1 Å².